The molecular weight excluding hydrogens is 816 g/mol. The minimum atomic E-state index is -4.03. The topological polar surface area (TPSA) is 182 Å². The van der Waals surface area contributed by atoms with Gasteiger partial charge in [0.25, 0.3) is 12.3 Å². The van der Waals surface area contributed by atoms with Crippen LogP contribution in [0.25, 0.3) is 27.4 Å². The zero-order valence-electron chi connectivity index (χ0n) is 32.0. The summed E-state index contributed by atoms with van der Waals surface area (Å²) in [6.45, 7) is 0.583. The summed E-state index contributed by atoms with van der Waals surface area (Å²) >= 11 is 0. The van der Waals surface area contributed by atoms with Crippen molar-refractivity contribution in [2.24, 2.45) is 0 Å². The summed E-state index contributed by atoms with van der Waals surface area (Å²) < 4.78 is 82.9. The maximum Gasteiger partial charge on any atom is 0.332 e. The number of nitrogens with one attached hydrogen (secondary N) is 2. The van der Waals surface area contributed by atoms with Crippen molar-refractivity contribution in [2.75, 3.05) is 23.8 Å². The fourth-order valence-electron chi connectivity index (χ4n) is 7.75. The third-order valence-electron chi connectivity index (χ3n) is 10.7. The van der Waals surface area contributed by atoms with Gasteiger partial charge in [0.05, 0.1) is 33.7 Å². The summed E-state index contributed by atoms with van der Waals surface area (Å²) in [5.41, 5.74) is 7.82. The lowest BCUT2D eigenvalue weighted by Gasteiger charge is -2.21. The number of nitrogen functional groups attached to an aromatic ring is 1. The second kappa shape index (κ2) is 15.1. The minimum Gasteiger partial charge on any atom is -0.485 e. The summed E-state index contributed by atoms with van der Waals surface area (Å²) in [5.74, 6) is -1.60. The highest BCUT2D eigenvalue weighted by atomic mass is 32.2. The zero-order chi connectivity index (χ0) is 42.7. The molecule has 7 aromatic rings. The molecule has 2 aliphatic heterocycles. The number of hydrogen-bond donors (Lipinski definition) is 3. The molecule has 0 spiro atoms. The first-order chi connectivity index (χ1) is 29.3. The minimum absolute atomic E-state index is 0.00267. The lowest BCUT2D eigenvalue weighted by atomic mass is 10.1. The van der Waals surface area contributed by atoms with Gasteiger partial charge < -0.3 is 25.1 Å². The number of imide groups is 1. The number of anilines is 2. The number of H-pyrrole nitrogens is 1. The number of sulfonamides is 1. The van der Waals surface area contributed by atoms with Crippen LogP contribution in [0, 0.1) is 12.7 Å². The Balaban J connectivity index is 0.955. The van der Waals surface area contributed by atoms with Gasteiger partial charge in [-0.15, -0.1) is 0 Å². The third kappa shape index (κ3) is 7.18. The van der Waals surface area contributed by atoms with Gasteiger partial charge in [-0.2, -0.15) is 5.10 Å². The van der Waals surface area contributed by atoms with Gasteiger partial charge in [-0.25, -0.2) is 40.7 Å². The van der Waals surface area contributed by atoms with Gasteiger partial charge in [0.15, 0.2) is 11.6 Å². The van der Waals surface area contributed by atoms with Crippen LogP contribution < -0.4 is 24.8 Å². The lowest BCUT2D eigenvalue weighted by Crippen LogP contribution is -2.41. The molecule has 5 aromatic carbocycles. The van der Waals surface area contributed by atoms with Crippen molar-refractivity contribution in [3.63, 3.8) is 0 Å². The first-order valence-corrected chi connectivity index (χ1v) is 20.4. The van der Waals surface area contributed by atoms with Gasteiger partial charge in [-0.1, -0.05) is 42.5 Å². The number of nitrogens with two attached hydrogens (primary N) is 1. The Labute approximate surface area is 345 Å². The summed E-state index contributed by atoms with van der Waals surface area (Å²) in [7, 11) is -4.03. The van der Waals surface area contributed by atoms with E-state index in [9.17, 15) is 36.0 Å². The SMILES string of the molecule is Cc1cc(Oc2ccccc2F)ccc1-n1ncc(C(=O)c2cc3cc(OCC(F)F)c(N4C(=O)C5CC(NS(=O)(=O)c6ccc7ccccc7c6)CN5C4=O)cc3[nH]2)c1N. The molecule has 18 heteroatoms. The van der Waals surface area contributed by atoms with Gasteiger partial charge in [0.1, 0.15) is 30.0 Å². The van der Waals surface area contributed by atoms with Crippen LogP contribution in [0.1, 0.15) is 28.0 Å². The summed E-state index contributed by atoms with van der Waals surface area (Å²) in [5, 5.41) is 6.26. The Kier molecular flexibility index (Phi) is 9.75. The van der Waals surface area contributed by atoms with E-state index in [0.717, 1.165) is 15.7 Å². The van der Waals surface area contributed by atoms with Crippen LogP contribution in [0.15, 0.2) is 114 Å². The zero-order valence-corrected chi connectivity index (χ0v) is 32.8. The van der Waals surface area contributed by atoms with Crippen LogP contribution in [-0.4, -0.2) is 77.5 Å². The van der Waals surface area contributed by atoms with Gasteiger partial charge >= 0.3 is 6.03 Å². The van der Waals surface area contributed by atoms with Crippen LogP contribution in [0.5, 0.6) is 17.2 Å². The third-order valence-corrected chi connectivity index (χ3v) is 12.2. The van der Waals surface area contributed by atoms with Crippen LogP contribution in [0.3, 0.4) is 0 Å². The summed E-state index contributed by atoms with van der Waals surface area (Å²) in [4.78, 5) is 46.7. The summed E-state index contributed by atoms with van der Waals surface area (Å²) in [6.07, 6.45) is -1.64. The Hall–Kier alpha value is -7.18. The van der Waals surface area contributed by atoms with Crippen molar-refractivity contribution in [1.82, 2.24) is 24.4 Å². The number of hydrogen-bond acceptors (Lipinski definition) is 9. The van der Waals surface area contributed by atoms with Gasteiger partial charge in [0, 0.05) is 23.5 Å². The number of aromatic amines is 1. The van der Waals surface area contributed by atoms with Crippen LogP contribution in [0.2, 0.25) is 0 Å². The van der Waals surface area contributed by atoms with Crippen molar-refractivity contribution >= 4 is 60.9 Å². The molecule has 0 radical (unpaired) electrons. The molecule has 0 bridgehead atoms. The van der Waals surface area contributed by atoms with E-state index in [0.29, 0.717) is 22.4 Å². The number of rotatable bonds is 12. The molecule has 9 rings (SSSR count). The first-order valence-electron chi connectivity index (χ1n) is 18.9. The molecular formula is C43H34F3N7O7S. The second-order valence-electron chi connectivity index (χ2n) is 14.6. The molecule has 4 heterocycles. The molecule has 2 unspecified atom stereocenters. The van der Waals surface area contributed by atoms with Crippen LogP contribution >= 0.6 is 0 Å². The van der Waals surface area contributed by atoms with Crippen molar-refractivity contribution in [2.45, 2.75) is 36.7 Å². The van der Waals surface area contributed by atoms with E-state index < -0.39 is 58.7 Å². The van der Waals surface area contributed by atoms with Crippen molar-refractivity contribution in [3.05, 3.63) is 132 Å². The van der Waals surface area contributed by atoms with E-state index in [1.807, 2.05) is 12.1 Å². The average molecular weight is 850 g/mol. The number of urea groups is 1. The quantitative estimate of drug-likeness (QED) is 0.0854. The number of ketones is 1. The predicted octanol–water partition coefficient (Wildman–Crippen LogP) is 7.09. The molecule has 61 heavy (non-hydrogen) atoms. The molecule has 4 N–H and O–H groups in total. The van der Waals surface area contributed by atoms with E-state index in [4.69, 9.17) is 15.2 Å². The highest BCUT2D eigenvalue weighted by molar-refractivity contribution is 7.89. The van der Waals surface area contributed by atoms with E-state index in [1.54, 1.807) is 61.5 Å². The van der Waals surface area contributed by atoms with Crippen LogP contribution in [0.4, 0.5) is 29.5 Å². The molecule has 0 saturated carbocycles. The Morgan fingerprint density at radius 3 is 2.46 bits per heavy atom. The molecule has 310 valence electrons. The highest BCUT2D eigenvalue weighted by Crippen LogP contribution is 2.40. The molecule has 2 atom stereocenters. The van der Waals surface area contributed by atoms with E-state index in [2.05, 4.69) is 14.8 Å². The number of aryl methyl sites for hydroxylation is 1. The number of amides is 3. The number of para-hydroxylation sites is 1. The first kappa shape index (κ1) is 39.3. The van der Waals surface area contributed by atoms with Gasteiger partial charge in [-0.05, 0) is 90.3 Å². The monoisotopic (exact) mass is 849 g/mol. The average Bonchev–Trinajstić information content (AvgIpc) is 4.00. The fourth-order valence-corrected chi connectivity index (χ4v) is 9.02. The van der Waals surface area contributed by atoms with Crippen molar-refractivity contribution < 1.29 is 45.4 Å². The Bertz CT molecular complexity index is 3020. The largest absolute Gasteiger partial charge is 0.485 e. The Morgan fingerprint density at radius 2 is 1.70 bits per heavy atom. The standard InChI is InChI=1S/C43H34F3N7O7S/c1-23-14-28(60-37-9-5-4-8-31(37)44)11-13-34(23)53-41(47)30(20-48-53)40(54)33-16-26-17-38(59-22-39(45)46)35(19-32(26)49-33)52-42(55)36-18-27(21-51(36)43(52)56)50-61(57,58)29-12-10-24-6-2-3-7-25(24)15-29/h2-17,19-20,27,36,39,49-50H,18,21-22,47H2,1H3. The molecule has 14 nitrogen and oxygen atoms in total. The number of ether oxygens (including phenoxy) is 2. The normalized spacial score (nSPS) is 16.6. The molecule has 2 aliphatic rings. The van der Waals surface area contributed by atoms with Crippen LogP contribution in [-0.2, 0) is 14.8 Å². The molecule has 0 aliphatic carbocycles. The van der Waals surface area contributed by atoms with E-state index in [-0.39, 0.29) is 57.6 Å². The lowest BCUT2D eigenvalue weighted by molar-refractivity contribution is -0.119. The fraction of sp³-hybridized carbons (Fsp3) is 0.163. The number of fused-ring (bicyclic) bond motifs is 3. The van der Waals surface area contributed by atoms with Gasteiger partial charge in [-0.3, -0.25) is 9.59 Å². The second-order valence-corrected chi connectivity index (χ2v) is 16.4. The highest BCUT2D eigenvalue weighted by Gasteiger charge is 2.52. The molecule has 2 saturated heterocycles. The molecule has 2 aromatic heterocycles. The maximum absolute atomic E-state index is 14.2. The number of halogens is 3. The van der Waals surface area contributed by atoms with E-state index in [1.165, 1.54) is 52.2 Å². The number of nitrogens with zero attached hydrogens (tertiary/aromatic N) is 4. The number of aromatic nitrogens is 3. The summed E-state index contributed by atoms with van der Waals surface area (Å²) in [6, 6.07) is 24.4. The van der Waals surface area contributed by atoms with Crippen molar-refractivity contribution in [3.8, 4) is 22.9 Å². The molecule has 3 amide bonds. The molecule has 2 fully saturated rings. The maximum atomic E-state index is 14.2. The predicted molar refractivity (Wildman–Crippen MR) is 218 cm³/mol. The number of alkyl halides is 2. The number of carbonyl (C=O) groups is 3. The van der Waals surface area contributed by atoms with Crippen molar-refractivity contribution in [1.29, 1.82) is 0 Å². The number of carbonyl (C=O) groups excluding carboxylic acids is 3. The van der Waals surface area contributed by atoms with Gasteiger partial charge in [0.2, 0.25) is 15.8 Å². The smallest absolute Gasteiger partial charge is 0.332 e. The Morgan fingerprint density at radius 1 is 0.934 bits per heavy atom. The van der Waals surface area contributed by atoms with E-state index >= 15 is 0 Å². The number of benzene rings is 5.